The third-order valence-corrected chi connectivity index (χ3v) is 5.22. The van der Waals surface area contributed by atoms with Gasteiger partial charge in [-0.25, -0.2) is 0 Å². The minimum atomic E-state index is 0.729. The van der Waals surface area contributed by atoms with Crippen LogP contribution in [0.4, 0.5) is 0 Å². The molecule has 112 valence electrons. The summed E-state index contributed by atoms with van der Waals surface area (Å²) in [5.41, 5.74) is 0. The van der Waals surface area contributed by atoms with E-state index < -0.39 is 0 Å². The van der Waals surface area contributed by atoms with Crippen molar-refractivity contribution in [2.45, 2.75) is 77.8 Å². The number of hydrogen-bond acceptors (Lipinski definition) is 2. The number of hydrogen-bond donors (Lipinski definition) is 1. The van der Waals surface area contributed by atoms with Crippen LogP contribution in [-0.4, -0.2) is 36.6 Å². The molecule has 2 nitrogen and oxygen atoms in total. The summed E-state index contributed by atoms with van der Waals surface area (Å²) in [6.07, 6.45) is 9.99. The van der Waals surface area contributed by atoms with E-state index in [1.807, 2.05) is 0 Å². The molecule has 1 aliphatic heterocycles. The van der Waals surface area contributed by atoms with Crippen LogP contribution >= 0.6 is 0 Å². The first-order valence-electron chi connectivity index (χ1n) is 8.68. The van der Waals surface area contributed by atoms with Gasteiger partial charge in [0.25, 0.3) is 0 Å². The predicted octanol–water partition coefficient (Wildman–Crippen LogP) is 3.67. The molecular weight excluding hydrogens is 232 g/mol. The number of piperazine rings is 1. The minimum absolute atomic E-state index is 0.729. The van der Waals surface area contributed by atoms with Gasteiger partial charge in [0.2, 0.25) is 0 Å². The lowest BCUT2D eigenvalue weighted by atomic mass is 9.82. The smallest absolute Gasteiger partial charge is 0.0249 e. The average molecular weight is 266 g/mol. The van der Waals surface area contributed by atoms with E-state index in [2.05, 4.69) is 31.0 Å². The second kappa shape index (κ2) is 7.64. The third kappa shape index (κ3) is 4.46. The highest BCUT2D eigenvalue weighted by atomic mass is 15.2. The molecule has 1 heterocycles. The summed E-state index contributed by atoms with van der Waals surface area (Å²) < 4.78 is 0. The summed E-state index contributed by atoms with van der Waals surface area (Å²) in [6.45, 7) is 10.9. The van der Waals surface area contributed by atoms with Gasteiger partial charge in [-0.05, 0) is 44.1 Å². The Labute approximate surface area is 120 Å². The highest BCUT2D eigenvalue weighted by Gasteiger charge is 2.33. The lowest BCUT2D eigenvalue weighted by Gasteiger charge is -2.45. The molecule has 2 fully saturated rings. The van der Waals surface area contributed by atoms with Crippen molar-refractivity contribution in [3.63, 3.8) is 0 Å². The third-order valence-electron chi connectivity index (χ3n) is 5.22. The zero-order valence-corrected chi connectivity index (χ0v) is 13.3. The monoisotopic (exact) mass is 266 g/mol. The molecule has 0 spiro atoms. The van der Waals surface area contributed by atoms with E-state index in [4.69, 9.17) is 0 Å². The maximum atomic E-state index is 3.79. The van der Waals surface area contributed by atoms with Crippen molar-refractivity contribution in [2.75, 3.05) is 19.6 Å². The zero-order valence-electron chi connectivity index (χ0n) is 13.3. The summed E-state index contributed by atoms with van der Waals surface area (Å²) in [7, 11) is 0. The molecule has 0 aromatic heterocycles. The van der Waals surface area contributed by atoms with Crippen LogP contribution in [0.5, 0.6) is 0 Å². The summed E-state index contributed by atoms with van der Waals surface area (Å²) in [5, 5.41) is 3.79. The van der Waals surface area contributed by atoms with E-state index in [-0.39, 0.29) is 0 Å². The first kappa shape index (κ1) is 15.3. The zero-order chi connectivity index (χ0) is 13.7. The molecule has 2 unspecified atom stereocenters. The molecule has 2 atom stereocenters. The second-order valence-electron chi connectivity index (χ2n) is 7.16. The molecule has 1 saturated heterocycles. The largest absolute Gasteiger partial charge is 0.311 e. The number of nitrogens with one attached hydrogen (secondary N) is 1. The van der Waals surface area contributed by atoms with Gasteiger partial charge in [-0.3, -0.25) is 4.90 Å². The van der Waals surface area contributed by atoms with Crippen LogP contribution in [0, 0.1) is 11.8 Å². The average Bonchev–Trinajstić information content (AvgIpc) is 2.45. The molecule has 0 aromatic rings. The molecule has 0 amide bonds. The van der Waals surface area contributed by atoms with E-state index in [1.54, 1.807) is 0 Å². The molecule has 0 aromatic carbocycles. The normalized spacial score (nSPS) is 30.9. The molecule has 2 aliphatic rings. The Morgan fingerprint density at radius 1 is 1.16 bits per heavy atom. The topological polar surface area (TPSA) is 15.3 Å². The van der Waals surface area contributed by atoms with E-state index in [0.717, 1.165) is 23.9 Å². The molecular formula is C17H34N2. The lowest BCUT2D eigenvalue weighted by molar-refractivity contribution is 0.0671. The predicted molar refractivity (Wildman–Crippen MR) is 83.5 cm³/mol. The van der Waals surface area contributed by atoms with E-state index in [9.17, 15) is 0 Å². The Kier molecular flexibility index (Phi) is 6.15. The first-order valence-corrected chi connectivity index (χ1v) is 8.68. The molecule has 19 heavy (non-hydrogen) atoms. The summed E-state index contributed by atoms with van der Waals surface area (Å²) in [6, 6.07) is 1.55. The summed E-state index contributed by atoms with van der Waals surface area (Å²) in [4.78, 5) is 2.83. The Bertz CT molecular complexity index is 246. The minimum Gasteiger partial charge on any atom is -0.311 e. The molecule has 1 N–H and O–H groups in total. The van der Waals surface area contributed by atoms with Crippen molar-refractivity contribution in [2.24, 2.45) is 11.8 Å². The highest BCUT2D eigenvalue weighted by molar-refractivity contribution is 4.90. The van der Waals surface area contributed by atoms with E-state index >= 15 is 0 Å². The highest BCUT2D eigenvalue weighted by Crippen LogP contribution is 2.30. The van der Waals surface area contributed by atoms with Crippen LogP contribution in [-0.2, 0) is 0 Å². The fourth-order valence-corrected chi connectivity index (χ4v) is 3.84. The van der Waals surface area contributed by atoms with Crippen molar-refractivity contribution in [3.05, 3.63) is 0 Å². The molecule has 0 radical (unpaired) electrons. The molecule has 2 heteroatoms. The van der Waals surface area contributed by atoms with Gasteiger partial charge >= 0.3 is 0 Å². The van der Waals surface area contributed by atoms with Gasteiger partial charge in [0.1, 0.15) is 0 Å². The molecule has 0 bridgehead atoms. The van der Waals surface area contributed by atoms with Crippen molar-refractivity contribution in [1.82, 2.24) is 10.2 Å². The Balaban J connectivity index is 1.93. The van der Waals surface area contributed by atoms with E-state index in [1.165, 1.54) is 64.6 Å². The molecule has 1 saturated carbocycles. The first-order chi connectivity index (χ1) is 9.20. The van der Waals surface area contributed by atoms with Crippen molar-refractivity contribution in [3.8, 4) is 0 Å². The Hall–Kier alpha value is -0.0800. The quantitative estimate of drug-likeness (QED) is 0.817. The van der Waals surface area contributed by atoms with Gasteiger partial charge in [0, 0.05) is 25.2 Å². The van der Waals surface area contributed by atoms with Gasteiger partial charge in [-0.15, -0.1) is 0 Å². The Morgan fingerprint density at radius 2 is 1.89 bits per heavy atom. The number of rotatable bonds is 5. The van der Waals surface area contributed by atoms with Crippen molar-refractivity contribution in [1.29, 1.82) is 0 Å². The standard InChI is InChI=1S/C17H34N2/c1-4-16-13-19(11-10-14(2)3)17(12-18-16)15-8-6-5-7-9-15/h14-18H,4-13H2,1-3H3. The van der Waals surface area contributed by atoms with Crippen LogP contribution in [0.25, 0.3) is 0 Å². The Morgan fingerprint density at radius 3 is 2.53 bits per heavy atom. The fraction of sp³-hybridized carbons (Fsp3) is 1.00. The van der Waals surface area contributed by atoms with Crippen LogP contribution in [0.1, 0.15) is 65.7 Å². The van der Waals surface area contributed by atoms with Gasteiger partial charge in [-0.1, -0.05) is 40.0 Å². The van der Waals surface area contributed by atoms with Crippen LogP contribution in [0.3, 0.4) is 0 Å². The fourth-order valence-electron chi connectivity index (χ4n) is 3.84. The maximum Gasteiger partial charge on any atom is 0.0249 e. The lowest BCUT2D eigenvalue weighted by Crippen LogP contribution is -2.59. The van der Waals surface area contributed by atoms with Crippen LogP contribution in [0.15, 0.2) is 0 Å². The molecule has 2 rings (SSSR count). The van der Waals surface area contributed by atoms with Crippen molar-refractivity contribution < 1.29 is 0 Å². The summed E-state index contributed by atoms with van der Waals surface area (Å²) in [5.74, 6) is 1.80. The number of nitrogens with zero attached hydrogens (tertiary/aromatic N) is 1. The van der Waals surface area contributed by atoms with E-state index in [0.29, 0.717) is 0 Å². The van der Waals surface area contributed by atoms with Crippen LogP contribution < -0.4 is 5.32 Å². The second-order valence-corrected chi connectivity index (χ2v) is 7.16. The van der Waals surface area contributed by atoms with Gasteiger partial charge in [0.15, 0.2) is 0 Å². The molecule has 1 aliphatic carbocycles. The SMILES string of the molecule is CCC1CN(CCC(C)C)C(C2CCCCC2)CN1. The van der Waals surface area contributed by atoms with Gasteiger partial charge in [0.05, 0.1) is 0 Å². The van der Waals surface area contributed by atoms with Crippen molar-refractivity contribution >= 4 is 0 Å². The maximum absolute atomic E-state index is 3.79. The summed E-state index contributed by atoms with van der Waals surface area (Å²) >= 11 is 0. The van der Waals surface area contributed by atoms with Crippen LogP contribution in [0.2, 0.25) is 0 Å². The van der Waals surface area contributed by atoms with Gasteiger partial charge in [-0.2, -0.15) is 0 Å². The van der Waals surface area contributed by atoms with Gasteiger partial charge < -0.3 is 5.32 Å².